The molecule has 0 aromatic rings. The average molecular weight is 192 g/mol. The fraction of sp³-hybridized carbons (Fsp3) is 0.750. The lowest BCUT2D eigenvalue weighted by Crippen LogP contribution is -2.25. The van der Waals surface area contributed by atoms with Gasteiger partial charge in [0.1, 0.15) is 0 Å². The van der Waals surface area contributed by atoms with Gasteiger partial charge >= 0.3 is 5.97 Å². The molecule has 0 saturated heterocycles. The smallest absolute Gasteiger partial charge is 0.303 e. The lowest BCUT2D eigenvalue weighted by atomic mass is 9.74. The molecular formula is C12H16O2. The van der Waals surface area contributed by atoms with E-state index >= 15 is 0 Å². The zero-order valence-electron chi connectivity index (χ0n) is 8.23. The number of rotatable bonds is 2. The number of carboxylic acid groups (broad SMARTS) is 1. The van der Waals surface area contributed by atoms with E-state index in [-0.39, 0.29) is 0 Å². The Balaban J connectivity index is 1.76. The van der Waals surface area contributed by atoms with E-state index in [0.717, 1.165) is 17.8 Å². The summed E-state index contributed by atoms with van der Waals surface area (Å²) in [6, 6.07) is 0. The Bertz CT molecular complexity index is 295. The molecule has 0 aromatic heterocycles. The quantitative estimate of drug-likeness (QED) is 0.682. The molecule has 2 bridgehead atoms. The standard InChI is InChI=1S/C12H16O2/c13-12(14)6-8-4-7-5-11(8)10-3-1-2-9(7)10/h1,3,7-11H,2,4-6H2,(H,13,14)/t7-,8+,9+,10+,11-/m0/s1. The zero-order chi connectivity index (χ0) is 9.71. The Hall–Kier alpha value is -0.790. The van der Waals surface area contributed by atoms with Crippen LogP contribution in [0.2, 0.25) is 0 Å². The number of hydrogen-bond donors (Lipinski definition) is 1. The first-order valence-electron chi connectivity index (χ1n) is 5.64. The third-order valence-corrected chi connectivity index (χ3v) is 4.58. The molecule has 0 aliphatic heterocycles. The van der Waals surface area contributed by atoms with Crippen LogP contribution in [-0.4, -0.2) is 11.1 Å². The maximum atomic E-state index is 10.7. The Morgan fingerprint density at radius 2 is 2.21 bits per heavy atom. The molecule has 1 N–H and O–H groups in total. The molecule has 3 rings (SSSR count). The highest BCUT2D eigenvalue weighted by Crippen LogP contribution is 2.59. The molecular weight excluding hydrogens is 176 g/mol. The second-order valence-electron chi connectivity index (χ2n) is 5.16. The number of aliphatic carboxylic acids is 1. The maximum Gasteiger partial charge on any atom is 0.303 e. The van der Waals surface area contributed by atoms with Crippen molar-refractivity contribution in [2.24, 2.45) is 29.6 Å². The third kappa shape index (κ3) is 1.06. The summed E-state index contributed by atoms with van der Waals surface area (Å²) >= 11 is 0. The van der Waals surface area contributed by atoms with E-state index in [2.05, 4.69) is 12.2 Å². The minimum Gasteiger partial charge on any atom is -0.481 e. The molecule has 0 radical (unpaired) electrons. The Labute approximate surface area is 84.0 Å². The van der Waals surface area contributed by atoms with E-state index in [9.17, 15) is 4.79 Å². The number of hydrogen-bond acceptors (Lipinski definition) is 1. The van der Waals surface area contributed by atoms with Gasteiger partial charge in [-0.1, -0.05) is 12.2 Å². The van der Waals surface area contributed by atoms with Crippen LogP contribution in [0.25, 0.3) is 0 Å². The molecule has 76 valence electrons. The SMILES string of the molecule is O=C(O)C[C@H]1C[C@H]2C[C@@H]1[C@@H]1C=CC[C@H]21. The van der Waals surface area contributed by atoms with Crippen molar-refractivity contribution < 1.29 is 9.90 Å². The summed E-state index contributed by atoms with van der Waals surface area (Å²) < 4.78 is 0. The van der Waals surface area contributed by atoms with Crippen molar-refractivity contribution in [3.63, 3.8) is 0 Å². The van der Waals surface area contributed by atoms with Crippen LogP contribution in [0.4, 0.5) is 0 Å². The van der Waals surface area contributed by atoms with Crippen molar-refractivity contribution in [1.82, 2.24) is 0 Å². The number of allylic oxidation sites excluding steroid dienone is 2. The minimum atomic E-state index is -0.610. The fourth-order valence-corrected chi connectivity index (χ4v) is 4.14. The second-order valence-corrected chi connectivity index (χ2v) is 5.16. The molecule has 2 fully saturated rings. The molecule has 0 heterocycles. The van der Waals surface area contributed by atoms with Crippen LogP contribution in [0.1, 0.15) is 25.7 Å². The number of carbonyl (C=O) groups is 1. The van der Waals surface area contributed by atoms with Gasteiger partial charge in [-0.25, -0.2) is 0 Å². The van der Waals surface area contributed by atoms with Crippen LogP contribution in [0, 0.1) is 29.6 Å². The predicted octanol–water partition coefficient (Wildman–Crippen LogP) is 2.31. The summed E-state index contributed by atoms with van der Waals surface area (Å²) in [5.41, 5.74) is 0. The van der Waals surface area contributed by atoms with Crippen LogP contribution < -0.4 is 0 Å². The highest BCUT2D eigenvalue weighted by molar-refractivity contribution is 5.67. The van der Waals surface area contributed by atoms with Gasteiger partial charge in [0, 0.05) is 6.42 Å². The highest BCUT2D eigenvalue weighted by Gasteiger charge is 2.52. The topological polar surface area (TPSA) is 37.3 Å². The monoisotopic (exact) mass is 192 g/mol. The maximum absolute atomic E-state index is 10.7. The molecule has 2 saturated carbocycles. The van der Waals surface area contributed by atoms with Gasteiger partial charge in [-0.3, -0.25) is 4.79 Å². The van der Waals surface area contributed by atoms with Crippen molar-refractivity contribution in [1.29, 1.82) is 0 Å². The van der Waals surface area contributed by atoms with Crippen LogP contribution in [-0.2, 0) is 4.79 Å². The van der Waals surface area contributed by atoms with Crippen molar-refractivity contribution >= 4 is 5.97 Å². The van der Waals surface area contributed by atoms with Crippen LogP contribution in [0.3, 0.4) is 0 Å². The summed E-state index contributed by atoms with van der Waals surface area (Å²) in [4.78, 5) is 10.7. The van der Waals surface area contributed by atoms with Crippen LogP contribution in [0.5, 0.6) is 0 Å². The molecule has 0 aromatic carbocycles. The van der Waals surface area contributed by atoms with E-state index in [1.54, 1.807) is 0 Å². The van der Waals surface area contributed by atoms with Crippen molar-refractivity contribution in [2.45, 2.75) is 25.7 Å². The molecule has 14 heavy (non-hydrogen) atoms. The van der Waals surface area contributed by atoms with Crippen molar-refractivity contribution in [2.75, 3.05) is 0 Å². The van der Waals surface area contributed by atoms with E-state index < -0.39 is 5.97 Å². The van der Waals surface area contributed by atoms with E-state index in [1.807, 2.05) is 0 Å². The van der Waals surface area contributed by atoms with Gasteiger partial charge in [0.15, 0.2) is 0 Å². The van der Waals surface area contributed by atoms with Gasteiger partial charge in [-0.2, -0.15) is 0 Å². The summed E-state index contributed by atoms with van der Waals surface area (Å²) in [5, 5.41) is 8.82. The lowest BCUT2D eigenvalue weighted by molar-refractivity contribution is -0.138. The number of fused-ring (bicyclic) bond motifs is 5. The molecule has 0 amide bonds. The molecule has 2 heteroatoms. The molecule has 0 unspecified atom stereocenters. The average Bonchev–Trinajstić information content (AvgIpc) is 2.68. The van der Waals surface area contributed by atoms with Crippen molar-refractivity contribution in [3.05, 3.63) is 12.2 Å². The molecule has 3 aliphatic rings. The Morgan fingerprint density at radius 1 is 1.36 bits per heavy atom. The van der Waals surface area contributed by atoms with E-state index in [4.69, 9.17) is 5.11 Å². The predicted molar refractivity (Wildman–Crippen MR) is 52.7 cm³/mol. The van der Waals surface area contributed by atoms with Gasteiger partial charge < -0.3 is 5.11 Å². The van der Waals surface area contributed by atoms with Gasteiger partial charge in [-0.05, 0) is 48.9 Å². The third-order valence-electron chi connectivity index (χ3n) is 4.58. The van der Waals surface area contributed by atoms with E-state index in [1.165, 1.54) is 19.3 Å². The minimum absolute atomic E-state index is 0.401. The number of carboxylic acids is 1. The molecule has 3 aliphatic carbocycles. The first-order valence-corrected chi connectivity index (χ1v) is 5.64. The van der Waals surface area contributed by atoms with E-state index in [0.29, 0.717) is 18.3 Å². The zero-order valence-corrected chi connectivity index (χ0v) is 8.23. The Morgan fingerprint density at radius 3 is 3.00 bits per heavy atom. The summed E-state index contributed by atoms with van der Waals surface area (Å²) in [6.45, 7) is 0. The molecule has 0 spiro atoms. The van der Waals surface area contributed by atoms with Gasteiger partial charge in [0.05, 0.1) is 0 Å². The lowest BCUT2D eigenvalue weighted by Gasteiger charge is -2.30. The summed E-state index contributed by atoms with van der Waals surface area (Å²) in [7, 11) is 0. The van der Waals surface area contributed by atoms with Gasteiger partial charge in [-0.15, -0.1) is 0 Å². The summed E-state index contributed by atoms with van der Waals surface area (Å²) in [6.07, 6.45) is 8.79. The Kier molecular flexibility index (Phi) is 1.73. The second kappa shape index (κ2) is 2.85. The first kappa shape index (κ1) is 8.51. The van der Waals surface area contributed by atoms with Gasteiger partial charge in [0.25, 0.3) is 0 Å². The first-order chi connectivity index (χ1) is 6.75. The summed E-state index contributed by atoms with van der Waals surface area (Å²) in [5.74, 6) is 3.01. The molecule has 2 nitrogen and oxygen atoms in total. The van der Waals surface area contributed by atoms with Gasteiger partial charge in [0.2, 0.25) is 0 Å². The normalized spacial score (nSPS) is 48.4. The van der Waals surface area contributed by atoms with Crippen LogP contribution >= 0.6 is 0 Å². The highest BCUT2D eigenvalue weighted by atomic mass is 16.4. The van der Waals surface area contributed by atoms with Crippen LogP contribution in [0.15, 0.2) is 12.2 Å². The van der Waals surface area contributed by atoms with Crippen molar-refractivity contribution in [3.8, 4) is 0 Å². The molecule has 5 atom stereocenters. The fourth-order valence-electron chi connectivity index (χ4n) is 4.14. The largest absolute Gasteiger partial charge is 0.481 e.